The van der Waals surface area contributed by atoms with Gasteiger partial charge >= 0.3 is 0 Å². The molecule has 0 saturated carbocycles. The lowest BCUT2D eigenvalue weighted by Crippen LogP contribution is -2.26. The van der Waals surface area contributed by atoms with Gasteiger partial charge in [0.15, 0.2) is 0 Å². The quantitative estimate of drug-likeness (QED) is 0.745. The van der Waals surface area contributed by atoms with Crippen LogP contribution < -0.4 is 14.8 Å². The van der Waals surface area contributed by atoms with Crippen molar-refractivity contribution >= 4 is 31.6 Å². The van der Waals surface area contributed by atoms with E-state index in [0.717, 1.165) is 11.0 Å². The summed E-state index contributed by atoms with van der Waals surface area (Å²) in [5.74, 6) is 0.515. The Morgan fingerprint density at radius 1 is 1.39 bits per heavy atom. The Morgan fingerprint density at radius 2 is 2.11 bits per heavy atom. The number of halogens is 1. The van der Waals surface area contributed by atoms with Crippen molar-refractivity contribution in [3.05, 3.63) is 22.7 Å². The van der Waals surface area contributed by atoms with E-state index in [1.165, 1.54) is 7.11 Å². The minimum Gasteiger partial charge on any atom is -0.495 e. The number of sulfonamides is 1. The van der Waals surface area contributed by atoms with E-state index < -0.39 is 10.0 Å². The third-order valence-corrected chi connectivity index (χ3v) is 3.99. The van der Waals surface area contributed by atoms with Gasteiger partial charge in [-0.25, -0.2) is 8.42 Å². The van der Waals surface area contributed by atoms with E-state index in [1.54, 1.807) is 18.2 Å². The van der Waals surface area contributed by atoms with Gasteiger partial charge in [-0.2, -0.15) is 0 Å². The predicted octanol–water partition coefficient (Wildman–Crippen LogP) is 1.81. The van der Waals surface area contributed by atoms with Crippen LogP contribution in [0.15, 0.2) is 22.7 Å². The van der Waals surface area contributed by atoms with E-state index in [0.29, 0.717) is 18.0 Å². The molecule has 0 amide bonds. The van der Waals surface area contributed by atoms with E-state index in [1.807, 2.05) is 6.92 Å². The van der Waals surface area contributed by atoms with E-state index in [4.69, 9.17) is 4.74 Å². The summed E-state index contributed by atoms with van der Waals surface area (Å²) < 4.78 is 32.1. The van der Waals surface area contributed by atoms with Crippen LogP contribution in [-0.4, -0.2) is 34.4 Å². The van der Waals surface area contributed by atoms with Crippen molar-refractivity contribution in [2.75, 3.05) is 30.7 Å². The van der Waals surface area contributed by atoms with Crippen molar-refractivity contribution in [2.24, 2.45) is 0 Å². The zero-order chi connectivity index (χ0) is 13.6. The molecule has 0 radical (unpaired) electrons. The van der Waals surface area contributed by atoms with Gasteiger partial charge in [0.2, 0.25) is 10.0 Å². The fourth-order valence-electron chi connectivity index (χ4n) is 1.36. The molecule has 0 bridgehead atoms. The highest BCUT2D eigenvalue weighted by Crippen LogP contribution is 2.28. The Balaban J connectivity index is 2.79. The average Bonchev–Trinajstić information content (AvgIpc) is 2.29. The summed E-state index contributed by atoms with van der Waals surface area (Å²) in [6.07, 6.45) is 0. The second-order valence-electron chi connectivity index (χ2n) is 3.62. The molecule has 0 spiro atoms. The Labute approximate surface area is 116 Å². The third kappa shape index (κ3) is 4.83. The summed E-state index contributed by atoms with van der Waals surface area (Å²) in [4.78, 5) is 0. The summed E-state index contributed by atoms with van der Waals surface area (Å²) in [5, 5.41) is 2.97. The maximum Gasteiger partial charge on any atom is 0.234 e. The number of nitrogens with one attached hydrogen (secondary N) is 2. The zero-order valence-electron chi connectivity index (χ0n) is 10.4. The SMILES string of the molecule is CCNCCS(=O)(=O)Nc1cc(Br)ccc1OC. The summed E-state index contributed by atoms with van der Waals surface area (Å²) >= 11 is 3.29. The van der Waals surface area contributed by atoms with Crippen LogP contribution in [0.1, 0.15) is 6.92 Å². The van der Waals surface area contributed by atoms with Crippen LogP contribution in [0.3, 0.4) is 0 Å². The van der Waals surface area contributed by atoms with Gasteiger partial charge in [-0.3, -0.25) is 4.72 Å². The first kappa shape index (κ1) is 15.3. The average molecular weight is 337 g/mol. The van der Waals surface area contributed by atoms with Crippen LogP contribution >= 0.6 is 15.9 Å². The molecule has 0 fully saturated rings. The molecular weight excluding hydrogens is 320 g/mol. The van der Waals surface area contributed by atoms with E-state index in [9.17, 15) is 8.42 Å². The highest BCUT2D eigenvalue weighted by molar-refractivity contribution is 9.10. The Kier molecular flexibility index (Phi) is 5.90. The van der Waals surface area contributed by atoms with Crippen LogP contribution in [0.4, 0.5) is 5.69 Å². The lowest BCUT2D eigenvalue weighted by molar-refractivity contribution is 0.417. The van der Waals surface area contributed by atoms with Gasteiger partial charge < -0.3 is 10.1 Å². The summed E-state index contributed by atoms with van der Waals surface area (Å²) in [5.41, 5.74) is 0.434. The number of hydrogen-bond acceptors (Lipinski definition) is 4. The molecule has 1 rings (SSSR count). The normalized spacial score (nSPS) is 11.3. The lowest BCUT2D eigenvalue weighted by atomic mass is 10.3. The molecule has 0 aromatic heterocycles. The molecule has 0 heterocycles. The molecule has 7 heteroatoms. The van der Waals surface area contributed by atoms with Crippen molar-refractivity contribution in [3.8, 4) is 5.75 Å². The van der Waals surface area contributed by atoms with Crippen molar-refractivity contribution in [2.45, 2.75) is 6.92 Å². The van der Waals surface area contributed by atoms with Gasteiger partial charge in [0.1, 0.15) is 5.75 Å². The van der Waals surface area contributed by atoms with Crippen LogP contribution in [-0.2, 0) is 10.0 Å². The largest absolute Gasteiger partial charge is 0.495 e. The van der Waals surface area contributed by atoms with Crippen molar-refractivity contribution in [1.29, 1.82) is 0 Å². The van der Waals surface area contributed by atoms with Crippen molar-refractivity contribution < 1.29 is 13.2 Å². The monoisotopic (exact) mass is 336 g/mol. The molecule has 0 aliphatic heterocycles. The molecule has 0 saturated heterocycles. The molecule has 102 valence electrons. The summed E-state index contributed by atoms with van der Waals surface area (Å²) in [7, 11) is -1.87. The van der Waals surface area contributed by atoms with Gasteiger partial charge in [-0.15, -0.1) is 0 Å². The van der Waals surface area contributed by atoms with Gasteiger partial charge in [0.25, 0.3) is 0 Å². The third-order valence-electron chi connectivity index (χ3n) is 2.22. The molecular formula is C11H17BrN2O3S. The second kappa shape index (κ2) is 6.96. The number of hydrogen-bond donors (Lipinski definition) is 2. The number of rotatable bonds is 7. The van der Waals surface area contributed by atoms with E-state index in [2.05, 4.69) is 26.0 Å². The van der Waals surface area contributed by atoms with Crippen LogP contribution in [0.25, 0.3) is 0 Å². The van der Waals surface area contributed by atoms with Crippen molar-refractivity contribution in [1.82, 2.24) is 5.32 Å². The van der Waals surface area contributed by atoms with Crippen LogP contribution in [0, 0.1) is 0 Å². The first-order valence-electron chi connectivity index (χ1n) is 5.53. The molecule has 0 atom stereocenters. The Hall–Kier alpha value is -0.790. The maximum absolute atomic E-state index is 11.8. The topological polar surface area (TPSA) is 67.4 Å². The highest BCUT2D eigenvalue weighted by atomic mass is 79.9. The first-order valence-corrected chi connectivity index (χ1v) is 7.97. The highest BCUT2D eigenvalue weighted by Gasteiger charge is 2.13. The molecule has 0 aliphatic rings. The molecule has 18 heavy (non-hydrogen) atoms. The molecule has 0 unspecified atom stereocenters. The number of methoxy groups -OCH3 is 1. The second-order valence-corrected chi connectivity index (χ2v) is 6.38. The Morgan fingerprint density at radius 3 is 2.72 bits per heavy atom. The fourth-order valence-corrected chi connectivity index (χ4v) is 2.73. The summed E-state index contributed by atoms with van der Waals surface area (Å²) in [6, 6.07) is 5.16. The van der Waals surface area contributed by atoms with Gasteiger partial charge in [-0.1, -0.05) is 22.9 Å². The molecule has 0 aliphatic carbocycles. The standard InChI is InChI=1S/C11H17BrN2O3S/c1-3-13-6-7-18(15,16)14-10-8-9(12)4-5-11(10)17-2/h4-5,8,13-14H,3,6-7H2,1-2H3. The zero-order valence-corrected chi connectivity index (χ0v) is 12.8. The molecule has 5 nitrogen and oxygen atoms in total. The van der Waals surface area contributed by atoms with Crippen molar-refractivity contribution in [3.63, 3.8) is 0 Å². The minimum atomic E-state index is -3.37. The smallest absolute Gasteiger partial charge is 0.234 e. The number of benzene rings is 1. The predicted molar refractivity (Wildman–Crippen MR) is 76.6 cm³/mol. The minimum absolute atomic E-state index is 0.0243. The first-order chi connectivity index (χ1) is 8.48. The maximum atomic E-state index is 11.8. The van der Waals surface area contributed by atoms with Gasteiger partial charge in [0, 0.05) is 11.0 Å². The number of anilines is 1. The van der Waals surface area contributed by atoms with E-state index >= 15 is 0 Å². The van der Waals surface area contributed by atoms with Crippen LogP contribution in [0.2, 0.25) is 0 Å². The summed E-state index contributed by atoms with van der Waals surface area (Å²) in [6.45, 7) is 3.09. The fraction of sp³-hybridized carbons (Fsp3) is 0.455. The lowest BCUT2D eigenvalue weighted by Gasteiger charge is -2.12. The molecule has 1 aromatic rings. The van der Waals surface area contributed by atoms with E-state index in [-0.39, 0.29) is 5.75 Å². The van der Waals surface area contributed by atoms with Gasteiger partial charge in [-0.05, 0) is 24.7 Å². The van der Waals surface area contributed by atoms with Crippen LogP contribution in [0.5, 0.6) is 5.75 Å². The molecule has 1 aromatic carbocycles. The van der Waals surface area contributed by atoms with Gasteiger partial charge in [0.05, 0.1) is 18.6 Å². The molecule has 2 N–H and O–H groups in total. The Bertz CT molecular complexity index is 491. The number of ether oxygens (including phenoxy) is 1.